The van der Waals surface area contributed by atoms with Gasteiger partial charge in [0.2, 0.25) is 0 Å². The summed E-state index contributed by atoms with van der Waals surface area (Å²) >= 11 is 0. The zero-order valence-corrected chi connectivity index (χ0v) is 24.8. The molecule has 44 heavy (non-hydrogen) atoms. The monoisotopic (exact) mass is 626 g/mol. The summed E-state index contributed by atoms with van der Waals surface area (Å²) in [6.45, 7) is 0.598. The standard InChI is InChI=1S/C34H26O8S2/c35-43(36,37)31-17-11-25-19-27(41-21-23-7-3-1-4-8-23)13-15-29(25)33(31)34-30-16-14-28(42-22-24-9-5-2-6-10-24)20-26(30)12-18-32(34)44(38,39)40/h1-20H,21-22H2,(H,35,36,37)(H,38,39,40). The third-order valence-electron chi connectivity index (χ3n) is 7.21. The molecule has 0 aromatic heterocycles. The molecule has 0 amide bonds. The fourth-order valence-corrected chi connectivity index (χ4v) is 6.60. The summed E-state index contributed by atoms with van der Waals surface area (Å²) in [4.78, 5) is -1.02. The fourth-order valence-electron chi connectivity index (χ4n) is 5.18. The molecule has 0 radical (unpaired) electrons. The number of rotatable bonds is 9. The summed E-state index contributed by atoms with van der Waals surface area (Å²) in [6, 6.07) is 34.4. The molecule has 0 unspecified atom stereocenters. The summed E-state index contributed by atoms with van der Waals surface area (Å²) in [7, 11) is -9.68. The molecule has 0 fully saturated rings. The first-order chi connectivity index (χ1) is 21.1. The average Bonchev–Trinajstić information content (AvgIpc) is 3.01. The van der Waals surface area contributed by atoms with Crippen molar-refractivity contribution in [3.63, 3.8) is 0 Å². The normalized spacial score (nSPS) is 12.0. The Labute approximate surface area is 254 Å². The number of hydrogen-bond acceptors (Lipinski definition) is 6. The Balaban J connectivity index is 1.52. The van der Waals surface area contributed by atoms with Crippen molar-refractivity contribution in [2.24, 2.45) is 0 Å². The van der Waals surface area contributed by atoms with Crippen molar-refractivity contribution in [2.75, 3.05) is 0 Å². The van der Waals surface area contributed by atoms with Crippen LogP contribution in [0.1, 0.15) is 11.1 Å². The van der Waals surface area contributed by atoms with Crippen LogP contribution in [-0.4, -0.2) is 25.9 Å². The Kier molecular flexibility index (Phi) is 7.83. The molecule has 0 heterocycles. The van der Waals surface area contributed by atoms with Gasteiger partial charge >= 0.3 is 0 Å². The van der Waals surface area contributed by atoms with E-state index in [1.807, 2.05) is 60.7 Å². The molecule has 2 N–H and O–H groups in total. The van der Waals surface area contributed by atoms with E-state index in [2.05, 4.69) is 0 Å². The first kappa shape index (κ1) is 29.3. The Morgan fingerprint density at radius 1 is 0.477 bits per heavy atom. The third-order valence-corrected chi connectivity index (χ3v) is 9.00. The van der Waals surface area contributed by atoms with Gasteiger partial charge in [-0.25, -0.2) is 0 Å². The lowest BCUT2D eigenvalue weighted by molar-refractivity contribution is 0.306. The Morgan fingerprint density at radius 2 is 0.864 bits per heavy atom. The Morgan fingerprint density at radius 3 is 1.23 bits per heavy atom. The van der Waals surface area contributed by atoms with Crippen molar-refractivity contribution in [1.82, 2.24) is 0 Å². The lowest BCUT2D eigenvalue weighted by atomic mass is 9.93. The van der Waals surface area contributed by atoms with Gasteiger partial charge in [0.05, 0.1) is 0 Å². The van der Waals surface area contributed by atoms with Crippen molar-refractivity contribution in [3.8, 4) is 22.6 Å². The van der Waals surface area contributed by atoms with Gasteiger partial charge in [0.25, 0.3) is 20.2 Å². The molecule has 0 atom stereocenters. The van der Waals surface area contributed by atoms with Crippen LogP contribution in [0, 0.1) is 0 Å². The Hall–Kier alpha value is -4.74. The molecular weight excluding hydrogens is 601 g/mol. The molecule has 10 heteroatoms. The van der Waals surface area contributed by atoms with E-state index in [-0.39, 0.29) is 11.1 Å². The van der Waals surface area contributed by atoms with E-state index in [4.69, 9.17) is 9.47 Å². The first-order valence-corrected chi connectivity index (χ1v) is 16.4. The lowest BCUT2D eigenvalue weighted by Crippen LogP contribution is -2.06. The average molecular weight is 627 g/mol. The van der Waals surface area contributed by atoms with Crippen LogP contribution in [0.25, 0.3) is 32.7 Å². The molecular formula is C34H26O8S2. The van der Waals surface area contributed by atoms with Crippen LogP contribution in [0.5, 0.6) is 11.5 Å². The predicted octanol–water partition coefficient (Wildman–Crippen LogP) is 7.31. The highest BCUT2D eigenvalue weighted by molar-refractivity contribution is 7.86. The summed E-state index contributed by atoms with van der Waals surface area (Å²) in [5, 5.41) is 1.71. The number of hydrogen-bond donors (Lipinski definition) is 2. The minimum absolute atomic E-state index is 0.0733. The second-order valence-electron chi connectivity index (χ2n) is 10.1. The van der Waals surface area contributed by atoms with E-state index < -0.39 is 30.0 Å². The number of ether oxygens (including phenoxy) is 2. The highest BCUT2D eigenvalue weighted by Gasteiger charge is 2.27. The molecule has 0 bridgehead atoms. The van der Waals surface area contributed by atoms with Crippen LogP contribution in [-0.2, 0) is 33.5 Å². The highest BCUT2D eigenvalue weighted by atomic mass is 32.2. The summed E-state index contributed by atoms with van der Waals surface area (Å²) in [5.41, 5.74) is 1.76. The molecule has 8 nitrogen and oxygen atoms in total. The third kappa shape index (κ3) is 6.15. The van der Waals surface area contributed by atoms with Gasteiger partial charge in [-0.15, -0.1) is 0 Å². The summed E-state index contributed by atoms with van der Waals surface area (Å²) < 4.78 is 83.1. The van der Waals surface area contributed by atoms with Crippen molar-refractivity contribution in [1.29, 1.82) is 0 Å². The SMILES string of the molecule is O=S(=O)(O)c1ccc2cc(OCc3ccccc3)ccc2c1-c1c(S(=O)(=O)O)ccc2cc(OCc3ccccc3)ccc12. The van der Waals surface area contributed by atoms with E-state index >= 15 is 0 Å². The van der Waals surface area contributed by atoms with E-state index in [9.17, 15) is 25.9 Å². The maximum Gasteiger partial charge on any atom is 0.295 e. The van der Waals surface area contributed by atoms with Crippen LogP contribution in [0.15, 0.2) is 131 Å². The molecule has 6 aromatic rings. The summed E-state index contributed by atoms with van der Waals surface area (Å²) in [6.07, 6.45) is 0. The molecule has 0 saturated carbocycles. The molecule has 0 spiro atoms. The second-order valence-corrected chi connectivity index (χ2v) is 12.9. The number of fused-ring (bicyclic) bond motifs is 2. The first-order valence-electron chi connectivity index (χ1n) is 13.5. The zero-order valence-electron chi connectivity index (χ0n) is 23.1. The molecule has 222 valence electrons. The van der Waals surface area contributed by atoms with Crippen LogP contribution in [0.2, 0.25) is 0 Å². The molecule has 6 aromatic carbocycles. The molecule has 0 aliphatic heterocycles. The van der Waals surface area contributed by atoms with Gasteiger partial charge in [-0.05, 0) is 69.1 Å². The Bertz CT molecular complexity index is 2050. The van der Waals surface area contributed by atoms with Crippen LogP contribution in [0.3, 0.4) is 0 Å². The van der Waals surface area contributed by atoms with Crippen molar-refractivity contribution in [2.45, 2.75) is 23.0 Å². The fraction of sp³-hybridized carbons (Fsp3) is 0.0588. The predicted molar refractivity (Wildman–Crippen MR) is 168 cm³/mol. The van der Waals surface area contributed by atoms with E-state index in [1.54, 1.807) is 36.4 Å². The minimum Gasteiger partial charge on any atom is -0.489 e. The van der Waals surface area contributed by atoms with E-state index in [0.717, 1.165) is 11.1 Å². The largest absolute Gasteiger partial charge is 0.489 e. The quantitative estimate of drug-likeness (QED) is 0.160. The molecule has 6 rings (SSSR count). The van der Waals surface area contributed by atoms with Gasteiger partial charge in [-0.3, -0.25) is 9.11 Å². The lowest BCUT2D eigenvalue weighted by Gasteiger charge is -2.18. The van der Waals surface area contributed by atoms with Crippen LogP contribution < -0.4 is 9.47 Å². The number of benzene rings is 6. The van der Waals surface area contributed by atoms with Gasteiger partial charge in [0.1, 0.15) is 34.5 Å². The smallest absolute Gasteiger partial charge is 0.295 e. The molecule has 0 aliphatic carbocycles. The van der Waals surface area contributed by atoms with Gasteiger partial charge in [0.15, 0.2) is 0 Å². The van der Waals surface area contributed by atoms with Crippen molar-refractivity contribution >= 4 is 41.8 Å². The molecule has 0 aliphatic rings. The summed E-state index contributed by atoms with van der Waals surface area (Å²) in [5.74, 6) is 1.00. The van der Waals surface area contributed by atoms with E-state index in [1.165, 1.54) is 24.3 Å². The van der Waals surface area contributed by atoms with Crippen molar-refractivity contribution in [3.05, 3.63) is 132 Å². The van der Waals surface area contributed by atoms with Crippen molar-refractivity contribution < 1.29 is 35.4 Å². The second kappa shape index (κ2) is 11.7. The van der Waals surface area contributed by atoms with E-state index in [0.29, 0.717) is 46.3 Å². The van der Waals surface area contributed by atoms with Gasteiger partial charge < -0.3 is 9.47 Å². The topological polar surface area (TPSA) is 127 Å². The van der Waals surface area contributed by atoms with Gasteiger partial charge in [0, 0.05) is 11.1 Å². The maximum atomic E-state index is 12.7. The maximum absolute atomic E-state index is 12.7. The van der Waals surface area contributed by atoms with Crippen LogP contribution in [0.4, 0.5) is 0 Å². The highest BCUT2D eigenvalue weighted by Crippen LogP contribution is 2.43. The molecule has 0 saturated heterocycles. The zero-order chi connectivity index (χ0) is 30.9. The minimum atomic E-state index is -4.84. The van der Waals surface area contributed by atoms with Gasteiger partial charge in [-0.1, -0.05) is 84.9 Å². The van der Waals surface area contributed by atoms with Crippen LogP contribution >= 0.6 is 0 Å². The van der Waals surface area contributed by atoms with Gasteiger partial charge in [-0.2, -0.15) is 16.8 Å².